The molecule has 5 aromatic rings. The SMILES string of the molecule is O=C=Nc1ccc(Br)cc1.O=c1cccccc1.O=c1n(-c2ccc(Br)cc2)c2c(n1-c1ccc(Br)cc1)C=CCC=C2. The van der Waals surface area contributed by atoms with E-state index in [1.807, 2.05) is 84.9 Å². The highest BCUT2D eigenvalue weighted by Gasteiger charge is 2.19. The van der Waals surface area contributed by atoms with Crippen molar-refractivity contribution in [1.82, 2.24) is 9.13 Å². The van der Waals surface area contributed by atoms with Crippen molar-refractivity contribution in [3.8, 4) is 11.4 Å². The summed E-state index contributed by atoms with van der Waals surface area (Å²) in [5, 5.41) is 0. The highest BCUT2D eigenvalue weighted by molar-refractivity contribution is 9.11. The van der Waals surface area contributed by atoms with Crippen LogP contribution in [0.4, 0.5) is 5.69 Å². The van der Waals surface area contributed by atoms with Crippen LogP contribution in [0, 0.1) is 0 Å². The van der Waals surface area contributed by atoms with Gasteiger partial charge in [-0.15, -0.1) is 0 Å². The van der Waals surface area contributed by atoms with Gasteiger partial charge in [0.05, 0.1) is 28.5 Å². The fraction of sp³-hybridized carbons (Fsp3) is 0.0294. The van der Waals surface area contributed by atoms with E-state index in [2.05, 4.69) is 64.9 Å². The number of allylic oxidation sites excluding steroid dienone is 2. The predicted octanol–water partition coefficient (Wildman–Crippen LogP) is 9.05. The van der Waals surface area contributed by atoms with Crippen LogP contribution in [0.1, 0.15) is 17.8 Å². The maximum Gasteiger partial charge on any atom is 0.338 e. The number of benzene rings is 3. The molecule has 9 heteroatoms. The summed E-state index contributed by atoms with van der Waals surface area (Å²) in [4.78, 5) is 36.9. The Kier molecular flexibility index (Phi) is 11.8. The van der Waals surface area contributed by atoms with Crippen molar-refractivity contribution >= 4 is 71.7 Å². The second-order valence-corrected chi connectivity index (χ2v) is 11.6. The van der Waals surface area contributed by atoms with Gasteiger partial charge in [0, 0.05) is 13.4 Å². The van der Waals surface area contributed by atoms with E-state index in [1.165, 1.54) is 18.2 Å². The number of imidazole rings is 1. The van der Waals surface area contributed by atoms with Crippen LogP contribution in [0.2, 0.25) is 0 Å². The normalized spacial score (nSPS) is 11.0. The molecule has 43 heavy (non-hydrogen) atoms. The Morgan fingerprint density at radius 2 is 1.00 bits per heavy atom. The van der Waals surface area contributed by atoms with Crippen LogP contribution >= 0.6 is 47.8 Å². The smallest absolute Gasteiger partial charge is 0.290 e. The largest absolute Gasteiger partial charge is 0.338 e. The zero-order valence-corrected chi connectivity index (χ0v) is 27.4. The molecule has 0 radical (unpaired) electrons. The molecule has 1 heterocycles. The molecule has 6 nitrogen and oxygen atoms in total. The van der Waals surface area contributed by atoms with E-state index in [0.29, 0.717) is 5.69 Å². The number of fused-ring (bicyclic) bond motifs is 1. The fourth-order valence-corrected chi connectivity index (χ4v) is 4.82. The molecule has 0 spiro atoms. The van der Waals surface area contributed by atoms with Gasteiger partial charge in [-0.2, -0.15) is 4.99 Å². The molecule has 1 aliphatic carbocycles. The number of aromatic nitrogens is 2. The maximum absolute atomic E-state index is 13.3. The molecule has 0 saturated heterocycles. The minimum atomic E-state index is -0.0779. The lowest BCUT2D eigenvalue weighted by Gasteiger charge is -2.04. The molecule has 1 aromatic heterocycles. The number of aliphatic imine (C=N–C) groups is 1. The highest BCUT2D eigenvalue weighted by atomic mass is 79.9. The Morgan fingerprint density at radius 3 is 1.42 bits per heavy atom. The van der Waals surface area contributed by atoms with Crippen molar-refractivity contribution in [2.24, 2.45) is 4.99 Å². The zero-order valence-electron chi connectivity index (χ0n) is 22.6. The minimum absolute atomic E-state index is 0.0509. The Bertz CT molecular complexity index is 1800. The molecule has 0 amide bonds. The van der Waals surface area contributed by atoms with Crippen LogP contribution in [-0.2, 0) is 4.79 Å². The van der Waals surface area contributed by atoms with Crippen LogP contribution in [-0.4, -0.2) is 15.2 Å². The Morgan fingerprint density at radius 1 is 0.581 bits per heavy atom. The first-order valence-electron chi connectivity index (χ1n) is 13.0. The number of nitrogens with zero attached hydrogens (tertiary/aromatic N) is 3. The van der Waals surface area contributed by atoms with E-state index in [1.54, 1.807) is 33.4 Å². The molecule has 0 aliphatic heterocycles. The second-order valence-electron chi connectivity index (χ2n) is 8.90. The van der Waals surface area contributed by atoms with Crippen molar-refractivity contribution in [3.63, 3.8) is 0 Å². The van der Waals surface area contributed by atoms with Crippen LogP contribution in [0.15, 0.2) is 149 Å². The molecular weight excluding hydrogens is 738 g/mol. The second kappa shape index (κ2) is 15.9. The molecular formula is C34H24Br3N3O3. The van der Waals surface area contributed by atoms with Crippen molar-refractivity contribution in [1.29, 1.82) is 0 Å². The molecule has 0 saturated carbocycles. The van der Waals surface area contributed by atoms with Crippen molar-refractivity contribution in [2.45, 2.75) is 6.42 Å². The van der Waals surface area contributed by atoms with E-state index in [-0.39, 0.29) is 11.1 Å². The van der Waals surface area contributed by atoms with E-state index in [9.17, 15) is 14.4 Å². The van der Waals surface area contributed by atoms with Crippen LogP contribution in [0.5, 0.6) is 0 Å². The van der Waals surface area contributed by atoms with E-state index >= 15 is 0 Å². The third kappa shape index (κ3) is 8.92. The summed E-state index contributed by atoms with van der Waals surface area (Å²) >= 11 is 10.2. The summed E-state index contributed by atoms with van der Waals surface area (Å²) in [7, 11) is 0. The van der Waals surface area contributed by atoms with E-state index in [4.69, 9.17) is 0 Å². The van der Waals surface area contributed by atoms with Crippen molar-refractivity contribution < 1.29 is 4.79 Å². The van der Waals surface area contributed by atoms with Crippen molar-refractivity contribution in [2.75, 3.05) is 0 Å². The molecule has 0 unspecified atom stereocenters. The zero-order chi connectivity index (χ0) is 30.6. The Labute approximate surface area is 273 Å². The maximum atomic E-state index is 13.3. The lowest BCUT2D eigenvalue weighted by molar-refractivity contribution is 0.565. The Hall–Kier alpha value is -4.14. The van der Waals surface area contributed by atoms with Crippen LogP contribution in [0.3, 0.4) is 0 Å². The molecule has 4 aromatic carbocycles. The summed E-state index contributed by atoms with van der Waals surface area (Å²) < 4.78 is 6.46. The summed E-state index contributed by atoms with van der Waals surface area (Å²) in [6, 6.07) is 32.8. The van der Waals surface area contributed by atoms with Gasteiger partial charge in [-0.25, -0.2) is 9.59 Å². The van der Waals surface area contributed by atoms with Crippen LogP contribution in [0.25, 0.3) is 23.5 Å². The highest BCUT2D eigenvalue weighted by Crippen LogP contribution is 2.25. The van der Waals surface area contributed by atoms with Gasteiger partial charge in [0.2, 0.25) is 6.08 Å². The van der Waals surface area contributed by atoms with Gasteiger partial charge < -0.3 is 0 Å². The molecule has 0 fully saturated rings. The molecule has 0 N–H and O–H groups in total. The Balaban J connectivity index is 0.000000192. The van der Waals surface area contributed by atoms with E-state index in [0.717, 1.165) is 42.6 Å². The van der Waals surface area contributed by atoms with Gasteiger partial charge >= 0.3 is 5.69 Å². The molecule has 0 atom stereocenters. The molecule has 0 bridgehead atoms. The number of hydrogen-bond donors (Lipinski definition) is 0. The van der Waals surface area contributed by atoms with Gasteiger partial charge in [-0.3, -0.25) is 13.9 Å². The lowest BCUT2D eigenvalue weighted by Crippen LogP contribution is -2.23. The van der Waals surface area contributed by atoms with Gasteiger partial charge in [0.25, 0.3) is 0 Å². The monoisotopic (exact) mass is 759 g/mol. The summed E-state index contributed by atoms with van der Waals surface area (Å²) in [6.07, 6.45) is 10.5. The summed E-state index contributed by atoms with van der Waals surface area (Å²) in [5.41, 5.74) is 4.08. The minimum Gasteiger partial charge on any atom is -0.290 e. The number of hydrogen-bond acceptors (Lipinski definition) is 4. The average molecular weight is 762 g/mol. The quantitative estimate of drug-likeness (QED) is 0.136. The van der Waals surface area contributed by atoms with Gasteiger partial charge in [0.1, 0.15) is 0 Å². The third-order valence-corrected chi connectivity index (χ3v) is 7.56. The summed E-state index contributed by atoms with van der Waals surface area (Å²) in [5.74, 6) is 0. The molecule has 6 rings (SSSR count). The van der Waals surface area contributed by atoms with Crippen molar-refractivity contribution in [3.05, 3.63) is 167 Å². The predicted molar refractivity (Wildman–Crippen MR) is 184 cm³/mol. The third-order valence-electron chi connectivity index (χ3n) is 5.98. The number of halogens is 3. The molecule has 1 aliphatic rings. The first-order chi connectivity index (χ1) is 20.9. The first-order valence-corrected chi connectivity index (χ1v) is 15.4. The number of carbonyl (C=O) groups excluding carboxylic acids is 1. The fourth-order valence-electron chi connectivity index (χ4n) is 4.03. The average Bonchev–Trinajstić information content (AvgIpc) is 3.24. The molecule has 214 valence electrons. The number of isocyanates is 1. The lowest BCUT2D eigenvalue weighted by atomic mass is 10.2. The topological polar surface area (TPSA) is 73.4 Å². The number of rotatable bonds is 3. The standard InChI is InChI=1S/C20H14Br2N2O.C7H4BrNO.C7H6O/c21-14-6-10-16(11-7-14)23-18-4-2-1-3-5-19(18)24(20(23)25)17-12-8-15(22)9-13-17;8-6-1-3-7(4-2-6)9-5-10;8-7-5-3-1-2-4-6-7/h2-13H,1H2;1-4H;1-6H. The summed E-state index contributed by atoms with van der Waals surface area (Å²) in [6.45, 7) is 0. The van der Waals surface area contributed by atoms with Gasteiger partial charge in [0.15, 0.2) is 5.43 Å². The van der Waals surface area contributed by atoms with Gasteiger partial charge in [-0.1, -0.05) is 84.2 Å². The van der Waals surface area contributed by atoms with E-state index < -0.39 is 0 Å². The first kappa shape index (κ1) is 31.8. The van der Waals surface area contributed by atoms with Gasteiger partial charge in [-0.05, 0) is 104 Å². The van der Waals surface area contributed by atoms with Crippen LogP contribution < -0.4 is 11.1 Å².